The number of imidazole rings is 1. The van der Waals surface area contributed by atoms with Gasteiger partial charge in [-0.3, -0.25) is 0 Å². The van der Waals surface area contributed by atoms with Crippen molar-refractivity contribution in [1.82, 2.24) is 9.97 Å². The molecule has 1 aromatic carbocycles. The molecule has 0 aliphatic carbocycles. The predicted molar refractivity (Wildman–Crippen MR) is 69.5 cm³/mol. The maximum Gasteiger partial charge on any atom is 0.0925 e. The second-order valence-corrected chi connectivity index (χ2v) is 4.59. The zero-order chi connectivity index (χ0) is 11.5. The van der Waals surface area contributed by atoms with Gasteiger partial charge in [-0.15, -0.1) is 0 Å². The van der Waals surface area contributed by atoms with Crippen molar-refractivity contribution in [3.63, 3.8) is 0 Å². The summed E-state index contributed by atoms with van der Waals surface area (Å²) in [6.45, 7) is 4.86. The Morgan fingerprint density at radius 1 is 1.38 bits per heavy atom. The highest BCUT2D eigenvalue weighted by Crippen LogP contribution is 2.23. The van der Waals surface area contributed by atoms with E-state index in [-0.39, 0.29) is 0 Å². The van der Waals surface area contributed by atoms with E-state index in [4.69, 9.17) is 0 Å². The molecule has 2 rings (SSSR count). The number of aromatic amines is 1. The first kappa shape index (κ1) is 11.2. The number of aromatic nitrogens is 2. The number of aryl methyl sites for hydroxylation is 1. The fraction of sp³-hybridized carbons (Fsp3) is 0.250. The van der Waals surface area contributed by atoms with Gasteiger partial charge in [0.2, 0.25) is 0 Å². The van der Waals surface area contributed by atoms with E-state index in [0.717, 1.165) is 28.1 Å². The summed E-state index contributed by atoms with van der Waals surface area (Å²) in [7, 11) is 0. The fourth-order valence-corrected chi connectivity index (χ4v) is 1.91. The van der Waals surface area contributed by atoms with E-state index in [1.165, 1.54) is 5.56 Å². The number of H-pyrrole nitrogens is 1. The molecule has 16 heavy (non-hydrogen) atoms. The third-order valence-corrected chi connectivity index (χ3v) is 3.51. The molecule has 0 bridgehead atoms. The minimum absolute atomic E-state index is 0.743. The second kappa shape index (κ2) is 4.70. The molecule has 0 radical (unpaired) electrons. The largest absolute Gasteiger partial charge is 0.379 e. The molecule has 2 N–H and O–H groups in total. The Hall–Kier alpha value is -1.29. The minimum atomic E-state index is 0.743. The third kappa shape index (κ3) is 2.27. The molecule has 0 aliphatic heterocycles. The Labute approximate surface area is 103 Å². The van der Waals surface area contributed by atoms with Crippen LogP contribution in [-0.4, -0.2) is 9.97 Å². The highest BCUT2D eigenvalue weighted by Gasteiger charge is 2.03. The molecule has 1 heterocycles. The molecule has 1 aromatic heterocycles. The number of nitrogens with zero attached hydrogens (tertiary/aromatic N) is 1. The van der Waals surface area contributed by atoms with E-state index < -0.39 is 0 Å². The molecular weight excluding hydrogens is 266 g/mol. The van der Waals surface area contributed by atoms with Crippen molar-refractivity contribution < 1.29 is 0 Å². The van der Waals surface area contributed by atoms with Gasteiger partial charge in [-0.25, -0.2) is 4.98 Å². The Morgan fingerprint density at radius 3 is 2.88 bits per heavy atom. The van der Waals surface area contributed by atoms with E-state index in [1.54, 1.807) is 6.33 Å². The first-order valence-electron chi connectivity index (χ1n) is 5.16. The van der Waals surface area contributed by atoms with Crippen LogP contribution in [0.2, 0.25) is 0 Å². The van der Waals surface area contributed by atoms with Gasteiger partial charge < -0.3 is 10.3 Å². The van der Waals surface area contributed by atoms with Crippen molar-refractivity contribution in [2.24, 2.45) is 0 Å². The summed E-state index contributed by atoms with van der Waals surface area (Å²) in [5.41, 5.74) is 4.52. The van der Waals surface area contributed by atoms with Gasteiger partial charge in [-0.2, -0.15) is 0 Å². The summed E-state index contributed by atoms with van der Waals surface area (Å²) >= 11 is 3.52. The monoisotopic (exact) mass is 279 g/mol. The molecule has 84 valence electrons. The van der Waals surface area contributed by atoms with Gasteiger partial charge in [0.1, 0.15) is 0 Å². The van der Waals surface area contributed by atoms with Crippen LogP contribution in [0.3, 0.4) is 0 Å². The van der Waals surface area contributed by atoms with Gasteiger partial charge >= 0.3 is 0 Å². The summed E-state index contributed by atoms with van der Waals surface area (Å²) in [5.74, 6) is 0. The van der Waals surface area contributed by atoms with Crippen LogP contribution in [-0.2, 0) is 6.54 Å². The summed E-state index contributed by atoms with van der Waals surface area (Å²) in [5, 5.41) is 3.38. The number of nitrogens with one attached hydrogen (secondary N) is 2. The van der Waals surface area contributed by atoms with Gasteiger partial charge in [0.05, 0.1) is 18.6 Å². The first-order valence-corrected chi connectivity index (χ1v) is 5.95. The van der Waals surface area contributed by atoms with E-state index >= 15 is 0 Å². The lowest BCUT2D eigenvalue weighted by molar-refractivity contribution is 1.04. The molecule has 0 saturated heterocycles. The second-order valence-electron chi connectivity index (χ2n) is 3.74. The first-order chi connectivity index (χ1) is 7.68. The normalized spacial score (nSPS) is 10.4. The highest BCUT2D eigenvalue weighted by atomic mass is 79.9. The van der Waals surface area contributed by atoms with Crippen LogP contribution in [0.4, 0.5) is 5.69 Å². The van der Waals surface area contributed by atoms with Crippen LogP contribution in [0.1, 0.15) is 17.0 Å². The smallest absolute Gasteiger partial charge is 0.0925 e. The van der Waals surface area contributed by atoms with E-state index in [2.05, 4.69) is 44.2 Å². The van der Waals surface area contributed by atoms with Crippen LogP contribution in [0.5, 0.6) is 0 Å². The van der Waals surface area contributed by atoms with Gasteiger partial charge in [0.25, 0.3) is 0 Å². The SMILES string of the molecule is Cc1[nH]cnc1CNc1cccc(Br)c1C. The number of rotatable bonds is 3. The van der Waals surface area contributed by atoms with Crippen molar-refractivity contribution in [2.45, 2.75) is 20.4 Å². The molecule has 0 spiro atoms. The van der Waals surface area contributed by atoms with Gasteiger partial charge in [-0.1, -0.05) is 22.0 Å². The quantitative estimate of drug-likeness (QED) is 0.904. The predicted octanol–water partition coefficient (Wildman–Crippen LogP) is 3.40. The minimum Gasteiger partial charge on any atom is -0.379 e. The maximum atomic E-state index is 4.25. The molecule has 0 aliphatic rings. The van der Waals surface area contributed by atoms with Crippen LogP contribution < -0.4 is 5.32 Å². The van der Waals surface area contributed by atoms with Crippen molar-refractivity contribution in [3.05, 3.63) is 46.0 Å². The van der Waals surface area contributed by atoms with Gasteiger partial charge in [0, 0.05) is 15.9 Å². The van der Waals surface area contributed by atoms with Crippen LogP contribution >= 0.6 is 15.9 Å². The van der Waals surface area contributed by atoms with Crippen LogP contribution in [0.15, 0.2) is 29.0 Å². The summed E-state index contributed by atoms with van der Waals surface area (Å²) in [6.07, 6.45) is 1.72. The number of hydrogen-bond donors (Lipinski definition) is 2. The molecule has 0 atom stereocenters. The summed E-state index contributed by atoms with van der Waals surface area (Å²) in [4.78, 5) is 7.32. The summed E-state index contributed by atoms with van der Waals surface area (Å²) in [6, 6.07) is 6.14. The molecule has 0 amide bonds. The van der Waals surface area contributed by atoms with E-state index in [0.29, 0.717) is 0 Å². The number of halogens is 1. The van der Waals surface area contributed by atoms with Crippen LogP contribution in [0, 0.1) is 13.8 Å². The zero-order valence-corrected chi connectivity index (χ0v) is 10.9. The molecule has 3 nitrogen and oxygen atoms in total. The van der Waals surface area contributed by atoms with Gasteiger partial charge in [-0.05, 0) is 31.5 Å². The maximum absolute atomic E-state index is 4.25. The standard InChI is InChI=1S/C12H14BrN3/c1-8-10(13)4-3-5-11(8)14-6-12-9(2)15-7-16-12/h3-5,7,14H,6H2,1-2H3,(H,15,16). The Bertz CT molecular complexity index is 491. The Kier molecular flexibility index (Phi) is 3.29. The lowest BCUT2D eigenvalue weighted by Crippen LogP contribution is -2.02. The molecule has 4 heteroatoms. The number of hydrogen-bond acceptors (Lipinski definition) is 2. The van der Waals surface area contributed by atoms with Crippen LogP contribution in [0.25, 0.3) is 0 Å². The number of anilines is 1. The highest BCUT2D eigenvalue weighted by molar-refractivity contribution is 9.10. The third-order valence-electron chi connectivity index (χ3n) is 2.65. The molecule has 2 aromatic rings. The molecule has 0 fully saturated rings. The Balaban J connectivity index is 2.11. The Morgan fingerprint density at radius 2 is 2.19 bits per heavy atom. The average molecular weight is 280 g/mol. The van der Waals surface area contributed by atoms with Crippen molar-refractivity contribution in [1.29, 1.82) is 0 Å². The van der Waals surface area contributed by atoms with Gasteiger partial charge in [0.15, 0.2) is 0 Å². The van der Waals surface area contributed by atoms with Crippen molar-refractivity contribution in [3.8, 4) is 0 Å². The zero-order valence-electron chi connectivity index (χ0n) is 9.34. The van der Waals surface area contributed by atoms with E-state index in [9.17, 15) is 0 Å². The molecular formula is C12H14BrN3. The van der Waals surface area contributed by atoms with E-state index in [1.807, 2.05) is 19.1 Å². The topological polar surface area (TPSA) is 40.7 Å². The lowest BCUT2D eigenvalue weighted by atomic mass is 10.2. The molecule has 0 unspecified atom stereocenters. The van der Waals surface area contributed by atoms with Crippen molar-refractivity contribution >= 4 is 21.6 Å². The fourth-order valence-electron chi connectivity index (χ4n) is 1.54. The lowest BCUT2D eigenvalue weighted by Gasteiger charge is -2.09. The number of benzene rings is 1. The average Bonchev–Trinajstić information content (AvgIpc) is 2.67. The summed E-state index contributed by atoms with van der Waals surface area (Å²) < 4.78 is 1.12. The molecule has 0 saturated carbocycles. The van der Waals surface area contributed by atoms with Crippen molar-refractivity contribution in [2.75, 3.05) is 5.32 Å².